The Labute approximate surface area is 105 Å². The van der Waals surface area contributed by atoms with Gasteiger partial charge in [-0.3, -0.25) is 0 Å². The van der Waals surface area contributed by atoms with E-state index in [0.717, 1.165) is 5.92 Å². The van der Waals surface area contributed by atoms with Crippen LogP contribution in [-0.4, -0.2) is 13.1 Å². The molecule has 1 heterocycles. The van der Waals surface area contributed by atoms with Crippen LogP contribution in [0.2, 0.25) is 0 Å². The van der Waals surface area contributed by atoms with Crippen LogP contribution in [0, 0.1) is 12.3 Å². The number of hydrogen-bond donors (Lipinski definition) is 1. The largest absolute Gasteiger partial charge is 0.326 e. The van der Waals surface area contributed by atoms with E-state index in [1.807, 2.05) is 0 Å². The maximum absolute atomic E-state index is 3.25. The normalized spacial score (nSPS) is 15.0. The molecule has 1 rings (SSSR count). The Bertz CT molecular complexity index is 49.3. The van der Waals surface area contributed by atoms with Crippen molar-refractivity contribution in [3.63, 3.8) is 0 Å². The molecule has 0 saturated carbocycles. The van der Waals surface area contributed by atoms with Crippen molar-refractivity contribution in [3.05, 3.63) is 6.42 Å². The summed E-state index contributed by atoms with van der Waals surface area (Å²) in [7, 11) is 0. The standard InChI is InChI=1S/C5H10N.C4H10.2Re/c1-2-4-6-5-3-1;1-4(2)3;;/h1,6H,2-5H2;4H,1-3H3;;/q-1;;;. The van der Waals surface area contributed by atoms with Gasteiger partial charge in [-0.25, -0.2) is 0 Å². The van der Waals surface area contributed by atoms with E-state index in [1.54, 1.807) is 0 Å². The van der Waals surface area contributed by atoms with Gasteiger partial charge < -0.3 is 11.7 Å². The first kappa shape index (κ1) is 19.0. The summed E-state index contributed by atoms with van der Waals surface area (Å²) in [6.07, 6.45) is 4.86. The van der Waals surface area contributed by atoms with Gasteiger partial charge >= 0.3 is 0 Å². The summed E-state index contributed by atoms with van der Waals surface area (Å²) in [5.41, 5.74) is 0. The topological polar surface area (TPSA) is 12.0 Å². The molecule has 0 amide bonds. The zero-order chi connectivity index (χ0) is 7.82. The van der Waals surface area contributed by atoms with Gasteiger partial charge in [-0.2, -0.15) is 12.8 Å². The number of nitrogens with one attached hydrogen (secondary N) is 1. The second kappa shape index (κ2) is 14.8. The van der Waals surface area contributed by atoms with E-state index in [4.69, 9.17) is 0 Å². The molecule has 1 nitrogen and oxygen atoms in total. The first-order valence-electron chi connectivity index (χ1n) is 4.26. The Kier molecular flexibility index (Phi) is 23.4. The molecular weight excluding hydrogens is 495 g/mol. The molecule has 0 aromatic heterocycles. The number of piperidine rings is 1. The fourth-order valence-corrected chi connectivity index (χ4v) is 0.678. The quantitative estimate of drug-likeness (QED) is 0.489. The summed E-state index contributed by atoms with van der Waals surface area (Å²) in [5, 5.41) is 3.25. The van der Waals surface area contributed by atoms with Gasteiger partial charge in [0.2, 0.25) is 0 Å². The summed E-state index contributed by atoms with van der Waals surface area (Å²) < 4.78 is 0. The van der Waals surface area contributed by atoms with E-state index in [0.29, 0.717) is 0 Å². The molecule has 0 bridgehead atoms. The molecule has 0 spiro atoms. The van der Waals surface area contributed by atoms with Crippen molar-refractivity contribution in [3.8, 4) is 0 Å². The molecule has 2 radical (unpaired) electrons. The molecule has 1 N–H and O–H groups in total. The van der Waals surface area contributed by atoms with Gasteiger partial charge in [0, 0.05) is 40.8 Å². The third kappa shape index (κ3) is 22.5. The van der Waals surface area contributed by atoms with E-state index in [-0.39, 0.29) is 40.8 Å². The second-order valence-corrected chi connectivity index (χ2v) is 3.35. The van der Waals surface area contributed by atoms with Gasteiger partial charge in [-0.05, 0) is 19.0 Å². The first-order chi connectivity index (χ1) is 4.73. The van der Waals surface area contributed by atoms with Crippen molar-refractivity contribution in [1.82, 2.24) is 5.32 Å². The predicted molar refractivity (Wildman–Crippen MR) is 46.9 cm³/mol. The second-order valence-electron chi connectivity index (χ2n) is 3.35. The summed E-state index contributed by atoms with van der Waals surface area (Å²) >= 11 is 0. The minimum atomic E-state index is 0. The molecule has 1 aliphatic heterocycles. The fraction of sp³-hybridized carbons (Fsp3) is 0.889. The van der Waals surface area contributed by atoms with Crippen molar-refractivity contribution in [1.29, 1.82) is 0 Å². The van der Waals surface area contributed by atoms with Gasteiger partial charge in [-0.1, -0.05) is 20.8 Å². The Morgan fingerprint density at radius 3 is 1.42 bits per heavy atom. The molecule has 0 atom stereocenters. The molecule has 3 heteroatoms. The Hall–Kier alpha value is 1.28. The van der Waals surface area contributed by atoms with Crippen LogP contribution in [-0.2, 0) is 40.8 Å². The maximum Gasteiger partial charge on any atom is 0 e. The van der Waals surface area contributed by atoms with E-state index >= 15 is 0 Å². The van der Waals surface area contributed by atoms with Gasteiger partial charge in [-0.15, -0.1) is 0 Å². The van der Waals surface area contributed by atoms with E-state index < -0.39 is 0 Å². The third-order valence-corrected chi connectivity index (χ3v) is 1.05. The monoisotopic (exact) mass is 516 g/mol. The molecule has 0 unspecified atom stereocenters. The number of hydrogen-bond acceptors (Lipinski definition) is 1. The van der Waals surface area contributed by atoms with Gasteiger partial charge in [0.05, 0.1) is 0 Å². The van der Waals surface area contributed by atoms with Crippen LogP contribution in [0.3, 0.4) is 0 Å². The van der Waals surface area contributed by atoms with Crippen LogP contribution in [0.1, 0.15) is 33.6 Å². The smallest absolute Gasteiger partial charge is 0 e. The fourth-order valence-electron chi connectivity index (χ4n) is 0.678. The minimum absolute atomic E-state index is 0. The molecule has 0 aliphatic carbocycles. The van der Waals surface area contributed by atoms with Crippen molar-refractivity contribution >= 4 is 0 Å². The van der Waals surface area contributed by atoms with Crippen LogP contribution >= 0.6 is 0 Å². The Morgan fingerprint density at radius 1 is 1.00 bits per heavy atom. The van der Waals surface area contributed by atoms with Crippen molar-refractivity contribution in [2.75, 3.05) is 13.1 Å². The summed E-state index contributed by atoms with van der Waals surface area (Å²) in [6.45, 7) is 8.89. The van der Waals surface area contributed by atoms with Crippen molar-refractivity contribution in [2.45, 2.75) is 33.6 Å². The van der Waals surface area contributed by atoms with E-state index in [9.17, 15) is 0 Å². The van der Waals surface area contributed by atoms with Gasteiger partial charge in [0.1, 0.15) is 0 Å². The van der Waals surface area contributed by atoms with Crippen LogP contribution in [0.15, 0.2) is 0 Å². The Balaban J connectivity index is -0.000000124. The summed E-state index contributed by atoms with van der Waals surface area (Å²) in [4.78, 5) is 0. The molecule has 1 fully saturated rings. The molecule has 0 aromatic rings. The minimum Gasteiger partial charge on any atom is -0.326 e. The molecule has 76 valence electrons. The van der Waals surface area contributed by atoms with Crippen LogP contribution in [0.5, 0.6) is 0 Å². The third-order valence-electron chi connectivity index (χ3n) is 1.05. The molecule has 0 aromatic carbocycles. The molecule has 1 saturated heterocycles. The van der Waals surface area contributed by atoms with Gasteiger partial charge in [0.25, 0.3) is 0 Å². The summed E-state index contributed by atoms with van der Waals surface area (Å²) in [5.74, 6) is 0.833. The summed E-state index contributed by atoms with van der Waals surface area (Å²) in [6, 6.07) is 0. The predicted octanol–water partition coefficient (Wildman–Crippen LogP) is 2.23. The zero-order valence-corrected chi connectivity index (χ0v) is 13.7. The average Bonchev–Trinajstić information content (AvgIpc) is 1.90. The van der Waals surface area contributed by atoms with Crippen molar-refractivity contribution in [2.24, 2.45) is 5.92 Å². The molecule has 1 aliphatic rings. The van der Waals surface area contributed by atoms with Crippen molar-refractivity contribution < 1.29 is 40.8 Å². The first-order valence-corrected chi connectivity index (χ1v) is 4.26. The van der Waals surface area contributed by atoms with Gasteiger partial charge in [0.15, 0.2) is 0 Å². The maximum atomic E-state index is 3.25. The molecular formula is C9H20NRe2-. The Morgan fingerprint density at radius 2 is 1.33 bits per heavy atom. The average molecular weight is 515 g/mol. The van der Waals surface area contributed by atoms with E-state index in [1.165, 1.54) is 25.9 Å². The molecule has 12 heavy (non-hydrogen) atoms. The van der Waals surface area contributed by atoms with Crippen LogP contribution < -0.4 is 5.32 Å². The van der Waals surface area contributed by atoms with Crippen LogP contribution in [0.25, 0.3) is 0 Å². The van der Waals surface area contributed by atoms with E-state index in [2.05, 4.69) is 32.5 Å². The SMILES string of the molecule is CC(C)C.[CH-]1CCNCC1.[Re].[Re]. The zero-order valence-electron chi connectivity index (χ0n) is 8.24. The number of rotatable bonds is 0. The van der Waals surface area contributed by atoms with Crippen LogP contribution in [0.4, 0.5) is 0 Å².